The first-order chi connectivity index (χ1) is 17.6. The fraction of sp³-hybridized carbons (Fsp3) is 0.533. The third-order valence-electron chi connectivity index (χ3n) is 7.97. The zero-order valence-electron chi connectivity index (χ0n) is 23.1. The Labute approximate surface area is 220 Å². The van der Waals surface area contributed by atoms with E-state index in [1.165, 1.54) is 17.2 Å². The molecule has 7 heteroatoms. The van der Waals surface area contributed by atoms with Gasteiger partial charge in [0.25, 0.3) is 0 Å². The van der Waals surface area contributed by atoms with Gasteiger partial charge in [0.05, 0.1) is 11.0 Å². The van der Waals surface area contributed by atoms with Crippen LogP contribution in [0, 0.1) is 25.6 Å². The highest BCUT2D eigenvalue weighted by atomic mass is 19.1. The molecule has 0 spiro atoms. The number of amides is 1. The monoisotopic (exact) mass is 508 g/mol. The smallest absolute Gasteiger partial charge is 0.407 e. The van der Waals surface area contributed by atoms with E-state index in [9.17, 15) is 9.18 Å². The van der Waals surface area contributed by atoms with Crippen molar-refractivity contribution in [1.82, 2.24) is 20.2 Å². The molecule has 1 aliphatic rings. The lowest BCUT2D eigenvalue weighted by Gasteiger charge is -2.47. The number of H-pyrrole nitrogens is 1. The van der Waals surface area contributed by atoms with E-state index in [-0.39, 0.29) is 17.7 Å². The summed E-state index contributed by atoms with van der Waals surface area (Å²) in [6.07, 6.45) is 3.56. The van der Waals surface area contributed by atoms with Gasteiger partial charge >= 0.3 is 6.09 Å². The van der Waals surface area contributed by atoms with Crippen LogP contribution in [0.5, 0.6) is 0 Å². The summed E-state index contributed by atoms with van der Waals surface area (Å²) in [6.45, 7) is 10.2. The molecule has 6 nitrogen and oxygen atoms in total. The lowest BCUT2D eigenvalue weighted by Crippen LogP contribution is -2.49. The first kappa shape index (κ1) is 27.1. The number of nitrogens with one attached hydrogen (secondary N) is 2. The van der Waals surface area contributed by atoms with Crippen LogP contribution in [-0.2, 0) is 17.6 Å². The lowest BCUT2D eigenvalue weighted by atomic mass is 9.65. The number of nitrogens with zero attached hydrogens (tertiary/aromatic N) is 2. The van der Waals surface area contributed by atoms with Gasteiger partial charge in [-0.05, 0) is 87.0 Å². The molecular weight excluding hydrogens is 467 g/mol. The van der Waals surface area contributed by atoms with E-state index in [4.69, 9.17) is 9.72 Å². The quantitative estimate of drug-likeness (QED) is 0.369. The summed E-state index contributed by atoms with van der Waals surface area (Å²) in [4.78, 5) is 23.1. The normalized spacial score (nSPS) is 19.4. The van der Waals surface area contributed by atoms with Crippen molar-refractivity contribution in [3.63, 3.8) is 0 Å². The molecule has 37 heavy (non-hydrogen) atoms. The number of carbonyl (C=O) groups is 1. The fourth-order valence-corrected chi connectivity index (χ4v) is 6.06. The number of halogens is 1. The third-order valence-corrected chi connectivity index (χ3v) is 7.97. The summed E-state index contributed by atoms with van der Waals surface area (Å²) in [6, 6.07) is 9.31. The molecule has 0 bridgehead atoms. The van der Waals surface area contributed by atoms with E-state index < -0.39 is 11.7 Å². The van der Waals surface area contributed by atoms with Gasteiger partial charge in [-0.15, -0.1) is 0 Å². The Hall–Kier alpha value is -2.93. The summed E-state index contributed by atoms with van der Waals surface area (Å²) < 4.78 is 20.2. The SMILES string of the molecule is CNC(=O)O[C@]1(CCN(C)CCCc2nc3c(C)ccc(C)c3[nH]2)CCc2cc(F)ccc2[C@@H]1C(C)C. The summed E-state index contributed by atoms with van der Waals surface area (Å²) >= 11 is 0. The summed E-state index contributed by atoms with van der Waals surface area (Å²) in [7, 11) is 3.72. The second kappa shape index (κ2) is 11.2. The van der Waals surface area contributed by atoms with E-state index in [0.29, 0.717) is 12.8 Å². The predicted molar refractivity (Wildman–Crippen MR) is 147 cm³/mol. The second-order valence-corrected chi connectivity index (χ2v) is 11.0. The highest BCUT2D eigenvalue weighted by molar-refractivity contribution is 5.81. The molecule has 2 aromatic carbocycles. The Balaban J connectivity index is 1.44. The molecule has 2 atom stereocenters. The zero-order chi connectivity index (χ0) is 26.7. The first-order valence-corrected chi connectivity index (χ1v) is 13.5. The Morgan fingerprint density at radius 1 is 1.24 bits per heavy atom. The number of rotatable bonds is 9. The van der Waals surface area contributed by atoms with Gasteiger partial charge in [-0.2, -0.15) is 0 Å². The van der Waals surface area contributed by atoms with Gasteiger partial charge in [0.15, 0.2) is 0 Å². The lowest BCUT2D eigenvalue weighted by molar-refractivity contribution is -0.0435. The van der Waals surface area contributed by atoms with Crippen molar-refractivity contribution in [1.29, 1.82) is 0 Å². The number of hydrogen-bond donors (Lipinski definition) is 2. The number of hydrogen-bond acceptors (Lipinski definition) is 4. The van der Waals surface area contributed by atoms with Crippen LogP contribution in [0.2, 0.25) is 0 Å². The van der Waals surface area contributed by atoms with E-state index >= 15 is 0 Å². The van der Waals surface area contributed by atoms with E-state index in [0.717, 1.165) is 60.3 Å². The number of aromatic amines is 1. The van der Waals surface area contributed by atoms with Crippen molar-refractivity contribution in [2.45, 2.75) is 71.3 Å². The van der Waals surface area contributed by atoms with Crippen LogP contribution in [-0.4, -0.2) is 53.7 Å². The van der Waals surface area contributed by atoms with Crippen LogP contribution in [0.1, 0.15) is 67.1 Å². The maximum atomic E-state index is 14.0. The van der Waals surface area contributed by atoms with Gasteiger partial charge in [-0.25, -0.2) is 14.2 Å². The molecule has 1 aromatic heterocycles. The number of imidazole rings is 1. The Bertz CT molecular complexity index is 1210. The van der Waals surface area contributed by atoms with E-state index in [2.05, 4.69) is 62.1 Å². The molecule has 0 unspecified atom stereocenters. The highest BCUT2D eigenvalue weighted by Gasteiger charge is 2.47. The number of aryl methyl sites for hydroxylation is 4. The van der Waals surface area contributed by atoms with Crippen LogP contribution < -0.4 is 5.32 Å². The van der Waals surface area contributed by atoms with Crippen LogP contribution in [0.15, 0.2) is 30.3 Å². The molecule has 3 aromatic rings. The molecule has 4 rings (SSSR count). The van der Waals surface area contributed by atoms with Crippen molar-refractivity contribution in [2.75, 3.05) is 27.2 Å². The summed E-state index contributed by atoms with van der Waals surface area (Å²) in [5, 5.41) is 2.64. The van der Waals surface area contributed by atoms with E-state index in [1.54, 1.807) is 13.1 Å². The molecule has 1 heterocycles. The second-order valence-electron chi connectivity index (χ2n) is 11.0. The molecule has 1 aliphatic carbocycles. The van der Waals surface area contributed by atoms with E-state index in [1.807, 2.05) is 6.07 Å². The van der Waals surface area contributed by atoms with Gasteiger partial charge in [0.1, 0.15) is 17.2 Å². The molecule has 0 saturated heterocycles. The van der Waals surface area contributed by atoms with Gasteiger partial charge in [0.2, 0.25) is 0 Å². The number of ether oxygens (including phenoxy) is 1. The standard InChI is InChI=1S/C30H41FN4O2/c1-19(2)26-24-12-11-23(31)18-22(24)13-14-30(26,37-29(36)32-5)15-17-35(6)16-7-8-25-33-27-20(3)9-10-21(4)28(27)34-25/h9-12,18-19,26H,7-8,13-17H2,1-6H3,(H,32,36)(H,33,34)/t26-,30-/m0/s1. The molecule has 0 radical (unpaired) electrons. The largest absolute Gasteiger partial charge is 0.442 e. The molecule has 0 aliphatic heterocycles. The fourth-order valence-electron chi connectivity index (χ4n) is 6.06. The molecular formula is C30H41FN4O2. The van der Waals surface area contributed by atoms with Crippen molar-refractivity contribution in [3.05, 3.63) is 64.2 Å². The summed E-state index contributed by atoms with van der Waals surface area (Å²) in [5.74, 6) is 1.05. The molecule has 1 amide bonds. The highest BCUT2D eigenvalue weighted by Crippen LogP contribution is 2.48. The first-order valence-electron chi connectivity index (χ1n) is 13.5. The number of fused-ring (bicyclic) bond motifs is 2. The number of carbonyl (C=O) groups excluding carboxylic acids is 1. The molecule has 0 fully saturated rings. The third kappa shape index (κ3) is 5.82. The topological polar surface area (TPSA) is 70.2 Å². The molecule has 200 valence electrons. The van der Waals surface area contributed by atoms with Crippen molar-refractivity contribution in [3.8, 4) is 0 Å². The van der Waals surface area contributed by atoms with Crippen LogP contribution in [0.3, 0.4) is 0 Å². The predicted octanol–water partition coefficient (Wildman–Crippen LogP) is 6.05. The molecule has 2 N–H and O–H groups in total. The minimum atomic E-state index is -0.638. The average Bonchev–Trinajstić information content (AvgIpc) is 3.30. The number of aromatic nitrogens is 2. The maximum absolute atomic E-state index is 14.0. The van der Waals surface area contributed by atoms with Gasteiger partial charge < -0.3 is 19.9 Å². The molecule has 0 saturated carbocycles. The maximum Gasteiger partial charge on any atom is 0.407 e. The Kier molecular flexibility index (Phi) is 8.22. The number of benzene rings is 2. The van der Waals surface area contributed by atoms with Crippen molar-refractivity contribution in [2.24, 2.45) is 5.92 Å². The van der Waals surface area contributed by atoms with Crippen molar-refractivity contribution >= 4 is 17.1 Å². The van der Waals surface area contributed by atoms with Crippen LogP contribution in [0.25, 0.3) is 11.0 Å². The Morgan fingerprint density at radius 3 is 2.70 bits per heavy atom. The summed E-state index contributed by atoms with van der Waals surface area (Å²) in [5.41, 5.74) is 6.10. The minimum Gasteiger partial charge on any atom is -0.442 e. The van der Waals surface area contributed by atoms with Gasteiger partial charge in [0, 0.05) is 32.4 Å². The Morgan fingerprint density at radius 2 is 2.00 bits per heavy atom. The minimum absolute atomic E-state index is 0.00424. The van der Waals surface area contributed by atoms with Crippen LogP contribution >= 0.6 is 0 Å². The van der Waals surface area contributed by atoms with Crippen molar-refractivity contribution < 1.29 is 13.9 Å². The number of alkyl carbamates (subject to hydrolysis) is 1. The average molecular weight is 509 g/mol. The van der Waals surface area contributed by atoms with Crippen LogP contribution in [0.4, 0.5) is 9.18 Å². The zero-order valence-corrected chi connectivity index (χ0v) is 23.1. The van der Waals surface area contributed by atoms with Gasteiger partial charge in [-0.1, -0.05) is 32.0 Å². The van der Waals surface area contributed by atoms with Gasteiger partial charge in [-0.3, -0.25) is 0 Å².